The fourth-order valence-corrected chi connectivity index (χ4v) is 4.30. The van der Waals surface area contributed by atoms with Crippen molar-refractivity contribution in [2.75, 3.05) is 29.4 Å². The SMILES string of the molecule is C[C@H]1CCN1c1nc(N2C[C@@H]3[C@@H](CC(=O)O)[C@@H]3C2)cc2ncnn12. The highest BCUT2D eigenvalue weighted by Crippen LogP contribution is 2.54. The molecule has 24 heavy (non-hydrogen) atoms. The van der Waals surface area contributed by atoms with Crippen LogP contribution in [0.15, 0.2) is 12.4 Å². The molecule has 2 saturated heterocycles. The Morgan fingerprint density at radius 1 is 1.38 bits per heavy atom. The lowest BCUT2D eigenvalue weighted by Gasteiger charge is -2.39. The summed E-state index contributed by atoms with van der Waals surface area (Å²) in [6.45, 7) is 4.99. The number of nitrogens with zero attached hydrogens (tertiary/aromatic N) is 6. The number of fused-ring (bicyclic) bond motifs is 2. The molecule has 2 aromatic heterocycles. The number of piperidine rings is 1. The van der Waals surface area contributed by atoms with Crippen molar-refractivity contribution >= 4 is 23.4 Å². The summed E-state index contributed by atoms with van der Waals surface area (Å²) in [6.07, 6.45) is 3.04. The van der Waals surface area contributed by atoms with E-state index in [0.29, 0.717) is 30.2 Å². The third kappa shape index (κ3) is 1.98. The number of carboxylic acid groups (broad SMARTS) is 1. The molecule has 3 aliphatic rings. The molecule has 0 aromatic carbocycles. The first-order valence-electron chi connectivity index (χ1n) is 8.56. The second kappa shape index (κ2) is 4.81. The third-order valence-corrected chi connectivity index (χ3v) is 5.92. The molecule has 0 spiro atoms. The van der Waals surface area contributed by atoms with Crippen molar-refractivity contribution < 1.29 is 9.90 Å². The van der Waals surface area contributed by atoms with Gasteiger partial charge in [0, 0.05) is 38.2 Å². The smallest absolute Gasteiger partial charge is 0.303 e. The molecule has 8 heteroatoms. The van der Waals surface area contributed by atoms with Crippen molar-refractivity contribution in [1.82, 2.24) is 19.6 Å². The van der Waals surface area contributed by atoms with Crippen LogP contribution in [-0.2, 0) is 4.79 Å². The van der Waals surface area contributed by atoms with Crippen LogP contribution in [0, 0.1) is 17.8 Å². The van der Waals surface area contributed by atoms with Crippen LogP contribution in [0.25, 0.3) is 5.65 Å². The van der Waals surface area contributed by atoms with Crippen LogP contribution in [0.1, 0.15) is 19.8 Å². The average molecular weight is 328 g/mol. The largest absolute Gasteiger partial charge is 0.481 e. The number of carbonyl (C=O) groups is 1. The summed E-state index contributed by atoms with van der Waals surface area (Å²) in [5.41, 5.74) is 0.816. The van der Waals surface area contributed by atoms with Gasteiger partial charge in [0.2, 0.25) is 5.95 Å². The molecule has 5 rings (SSSR count). The standard InChI is InChI=1S/C16H20N6O2/c1-9-2-3-21(9)16-19-14(5-13-17-8-18-22(13)16)20-6-11-10(4-15(23)24)12(11)7-20/h5,8-12H,2-4,6-7H2,1H3,(H,23,24)/t9-,10-,11-,12+/m0/s1. The second-order valence-electron chi connectivity index (χ2n) is 7.27. The van der Waals surface area contributed by atoms with Gasteiger partial charge in [0.15, 0.2) is 5.65 Å². The van der Waals surface area contributed by atoms with Gasteiger partial charge in [-0.25, -0.2) is 4.98 Å². The minimum Gasteiger partial charge on any atom is -0.481 e. The van der Waals surface area contributed by atoms with E-state index in [9.17, 15) is 4.79 Å². The van der Waals surface area contributed by atoms with Crippen molar-refractivity contribution in [3.8, 4) is 0 Å². The van der Waals surface area contributed by atoms with Gasteiger partial charge in [-0.2, -0.15) is 14.6 Å². The molecule has 2 aliphatic heterocycles. The number of hydrogen-bond donors (Lipinski definition) is 1. The van der Waals surface area contributed by atoms with E-state index >= 15 is 0 Å². The highest BCUT2D eigenvalue weighted by molar-refractivity contribution is 5.68. The number of rotatable bonds is 4. The van der Waals surface area contributed by atoms with Crippen molar-refractivity contribution in [2.45, 2.75) is 25.8 Å². The Kier molecular flexibility index (Phi) is 2.81. The van der Waals surface area contributed by atoms with Crippen LogP contribution in [0.3, 0.4) is 0 Å². The van der Waals surface area contributed by atoms with Crippen LogP contribution in [0.4, 0.5) is 11.8 Å². The van der Waals surface area contributed by atoms with Gasteiger partial charge in [-0.3, -0.25) is 4.79 Å². The van der Waals surface area contributed by atoms with Crippen molar-refractivity contribution in [1.29, 1.82) is 0 Å². The topological polar surface area (TPSA) is 86.9 Å². The van der Waals surface area contributed by atoms with Gasteiger partial charge in [-0.05, 0) is 31.1 Å². The van der Waals surface area contributed by atoms with Gasteiger partial charge < -0.3 is 14.9 Å². The van der Waals surface area contributed by atoms with Crippen molar-refractivity contribution in [3.05, 3.63) is 12.4 Å². The highest BCUT2D eigenvalue weighted by atomic mass is 16.4. The molecule has 0 amide bonds. The predicted octanol–water partition coefficient (Wildman–Crippen LogP) is 0.880. The molecule has 0 radical (unpaired) electrons. The zero-order valence-electron chi connectivity index (χ0n) is 13.5. The monoisotopic (exact) mass is 328 g/mol. The van der Waals surface area contributed by atoms with E-state index in [0.717, 1.165) is 37.0 Å². The number of aromatic nitrogens is 4. The lowest BCUT2D eigenvalue weighted by molar-refractivity contribution is -0.137. The molecule has 4 heterocycles. The van der Waals surface area contributed by atoms with Crippen molar-refractivity contribution in [2.24, 2.45) is 17.8 Å². The summed E-state index contributed by atoms with van der Waals surface area (Å²) in [5, 5.41) is 13.3. The Balaban J connectivity index is 1.41. The van der Waals surface area contributed by atoms with E-state index in [-0.39, 0.29) is 0 Å². The van der Waals surface area contributed by atoms with E-state index in [1.807, 2.05) is 10.6 Å². The molecule has 126 valence electrons. The molecule has 1 aliphatic carbocycles. The van der Waals surface area contributed by atoms with Gasteiger partial charge in [0.05, 0.1) is 0 Å². The first-order valence-corrected chi connectivity index (χ1v) is 8.56. The summed E-state index contributed by atoms with van der Waals surface area (Å²) < 4.78 is 1.81. The predicted molar refractivity (Wildman–Crippen MR) is 87.1 cm³/mol. The molecule has 0 bridgehead atoms. The molecule has 8 nitrogen and oxygen atoms in total. The van der Waals surface area contributed by atoms with E-state index in [4.69, 9.17) is 10.1 Å². The Bertz CT molecular complexity index is 808. The van der Waals surface area contributed by atoms with Gasteiger partial charge in [-0.1, -0.05) is 0 Å². The maximum absolute atomic E-state index is 10.9. The van der Waals surface area contributed by atoms with Gasteiger partial charge in [0.25, 0.3) is 0 Å². The molecule has 3 fully saturated rings. The summed E-state index contributed by atoms with van der Waals surface area (Å²) >= 11 is 0. The highest BCUT2D eigenvalue weighted by Gasteiger charge is 2.56. The Morgan fingerprint density at radius 2 is 2.17 bits per heavy atom. The number of carboxylic acids is 1. The third-order valence-electron chi connectivity index (χ3n) is 5.92. The summed E-state index contributed by atoms with van der Waals surface area (Å²) in [6, 6.07) is 2.46. The Morgan fingerprint density at radius 3 is 2.79 bits per heavy atom. The summed E-state index contributed by atoms with van der Waals surface area (Å²) in [7, 11) is 0. The molecule has 1 N–H and O–H groups in total. The second-order valence-corrected chi connectivity index (χ2v) is 7.27. The lowest BCUT2D eigenvalue weighted by Crippen LogP contribution is -2.47. The minimum absolute atomic E-state index is 0.302. The number of aliphatic carboxylic acids is 1. The van der Waals surface area contributed by atoms with E-state index in [1.165, 1.54) is 6.42 Å². The van der Waals surface area contributed by atoms with Crippen LogP contribution < -0.4 is 9.80 Å². The van der Waals surface area contributed by atoms with Crippen LogP contribution in [0.2, 0.25) is 0 Å². The zero-order chi connectivity index (χ0) is 16.4. The maximum atomic E-state index is 10.9. The van der Waals surface area contributed by atoms with Crippen molar-refractivity contribution in [3.63, 3.8) is 0 Å². The van der Waals surface area contributed by atoms with E-state index in [1.54, 1.807) is 6.33 Å². The van der Waals surface area contributed by atoms with E-state index in [2.05, 4.69) is 26.8 Å². The molecule has 0 unspecified atom stereocenters. The molecule has 4 atom stereocenters. The zero-order valence-corrected chi connectivity index (χ0v) is 13.5. The summed E-state index contributed by atoms with van der Waals surface area (Å²) in [4.78, 5) is 24.6. The molecular formula is C16H20N6O2. The maximum Gasteiger partial charge on any atom is 0.303 e. The van der Waals surface area contributed by atoms with Gasteiger partial charge >= 0.3 is 5.97 Å². The Labute approximate surface area is 139 Å². The fraction of sp³-hybridized carbons (Fsp3) is 0.625. The van der Waals surface area contributed by atoms with Gasteiger partial charge in [-0.15, -0.1) is 0 Å². The fourth-order valence-electron chi connectivity index (χ4n) is 4.30. The average Bonchev–Trinajstić information content (AvgIpc) is 2.98. The van der Waals surface area contributed by atoms with Crippen LogP contribution >= 0.6 is 0 Å². The van der Waals surface area contributed by atoms with Crippen LogP contribution in [-0.4, -0.2) is 56.3 Å². The number of anilines is 2. The quantitative estimate of drug-likeness (QED) is 0.891. The molecule has 1 saturated carbocycles. The van der Waals surface area contributed by atoms with Crippen LogP contribution in [0.5, 0.6) is 0 Å². The Hall–Kier alpha value is -2.38. The molecule has 2 aromatic rings. The van der Waals surface area contributed by atoms with E-state index < -0.39 is 5.97 Å². The lowest BCUT2D eigenvalue weighted by atomic mass is 10.1. The molecular weight excluding hydrogens is 308 g/mol. The first-order chi connectivity index (χ1) is 11.6. The number of hydrogen-bond acceptors (Lipinski definition) is 6. The summed E-state index contributed by atoms with van der Waals surface area (Å²) in [5.74, 6) is 2.47. The normalized spacial score (nSPS) is 31.2. The van der Waals surface area contributed by atoms with Gasteiger partial charge in [0.1, 0.15) is 12.1 Å². The first kappa shape index (κ1) is 14.0. The minimum atomic E-state index is -0.682.